The van der Waals surface area contributed by atoms with Gasteiger partial charge in [-0.2, -0.15) is 0 Å². The summed E-state index contributed by atoms with van der Waals surface area (Å²) in [6.45, 7) is 0.924. The van der Waals surface area contributed by atoms with Crippen LogP contribution >= 0.6 is 0 Å². The standard InChI is InChI=1S/C18H19NO5/c20-17(16-11-23-8-9-24-16)19-15(18(21)22)10-13-6-3-5-12-4-1-2-7-14(12)13/h1-7,15-16H,8-11H2,(H,19,20)(H,21,22)/t15-,16+/m0/s1. The largest absolute Gasteiger partial charge is 0.480 e. The van der Waals surface area contributed by atoms with Crippen molar-refractivity contribution in [2.24, 2.45) is 0 Å². The predicted octanol–water partition coefficient (Wildman–Crippen LogP) is 1.37. The van der Waals surface area contributed by atoms with Gasteiger partial charge in [-0.15, -0.1) is 0 Å². The quantitative estimate of drug-likeness (QED) is 0.865. The topological polar surface area (TPSA) is 84.9 Å². The molecular formula is C18H19NO5. The monoisotopic (exact) mass is 329 g/mol. The Hall–Kier alpha value is -2.44. The lowest BCUT2D eigenvalue weighted by atomic mass is 9.98. The summed E-state index contributed by atoms with van der Waals surface area (Å²) in [7, 11) is 0. The second kappa shape index (κ2) is 7.42. The van der Waals surface area contributed by atoms with Gasteiger partial charge in [0.05, 0.1) is 19.8 Å². The van der Waals surface area contributed by atoms with E-state index in [1.165, 1.54) is 0 Å². The second-order valence-corrected chi connectivity index (χ2v) is 5.68. The minimum absolute atomic E-state index is 0.145. The lowest BCUT2D eigenvalue weighted by Crippen LogP contribution is -2.50. The number of benzene rings is 2. The van der Waals surface area contributed by atoms with Crippen LogP contribution in [0, 0.1) is 0 Å². The summed E-state index contributed by atoms with van der Waals surface area (Å²) < 4.78 is 10.5. The molecule has 1 heterocycles. The first-order valence-corrected chi connectivity index (χ1v) is 7.84. The molecule has 3 rings (SSSR count). The molecule has 2 atom stereocenters. The second-order valence-electron chi connectivity index (χ2n) is 5.68. The van der Waals surface area contributed by atoms with Crippen molar-refractivity contribution in [3.8, 4) is 0 Å². The number of ether oxygens (including phenoxy) is 2. The summed E-state index contributed by atoms with van der Waals surface area (Å²) in [4.78, 5) is 23.8. The zero-order chi connectivity index (χ0) is 16.9. The SMILES string of the molecule is O=C(O)[C@H](Cc1cccc2ccccc12)NC(=O)[C@H]1COCCO1. The normalized spacial score (nSPS) is 18.9. The van der Waals surface area contributed by atoms with Crippen LogP contribution in [0.25, 0.3) is 10.8 Å². The highest BCUT2D eigenvalue weighted by Gasteiger charge is 2.28. The molecule has 1 saturated heterocycles. The van der Waals surface area contributed by atoms with E-state index in [0.29, 0.717) is 13.2 Å². The van der Waals surface area contributed by atoms with Crippen molar-refractivity contribution in [3.05, 3.63) is 48.0 Å². The van der Waals surface area contributed by atoms with E-state index in [0.717, 1.165) is 16.3 Å². The third-order valence-electron chi connectivity index (χ3n) is 4.03. The number of fused-ring (bicyclic) bond motifs is 1. The van der Waals surface area contributed by atoms with Crippen molar-refractivity contribution >= 4 is 22.6 Å². The molecule has 1 amide bonds. The van der Waals surface area contributed by atoms with Crippen LogP contribution in [0.2, 0.25) is 0 Å². The van der Waals surface area contributed by atoms with E-state index in [1.807, 2.05) is 42.5 Å². The van der Waals surface area contributed by atoms with Crippen LogP contribution in [0.4, 0.5) is 0 Å². The molecule has 0 aliphatic carbocycles. The lowest BCUT2D eigenvalue weighted by molar-refractivity contribution is -0.152. The summed E-state index contributed by atoms with van der Waals surface area (Å²) in [6.07, 6.45) is -0.552. The van der Waals surface area contributed by atoms with Crippen LogP contribution in [0.5, 0.6) is 0 Å². The molecule has 0 aromatic heterocycles. The average molecular weight is 329 g/mol. The number of nitrogens with one attached hydrogen (secondary N) is 1. The molecule has 126 valence electrons. The first kappa shape index (κ1) is 16.4. The number of carboxylic acid groups (broad SMARTS) is 1. The Morgan fingerprint density at radius 1 is 1.17 bits per heavy atom. The van der Waals surface area contributed by atoms with Crippen molar-refractivity contribution in [2.45, 2.75) is 18.6 Å². The highest BCUT2D eigenvalue weighted by atomic mass is 16.6. The number of carboxylic acids is 1. The molecule has 24 heavy (non-hydrogen) atoms. The maximum absolute atomic E-state index is 12.2. The van der Waals surface area contributed by atoms with Crippen LogP contribution < -0.4 is 5.32 Å². The van der Waals surface area contributed by atoms with Gasteiger partial charge in [-0.1, -0.05) is 42.5 Å². The first-order chi connectivity index (χ1) is 11.6. The number of carbonyl (C=O) groups is 2. The van der Waals surface area contributed by atoms with Gasteiger partial charge in [0.2, 0.25) is 0 Å². The summed E-state index contributed by atoms with van der Waals surface area (Å²) in [6, 6.07) is 12.5. The first-order valence-electron chi connectivity index (χ1n) is 7.84. The molecule has 6 nitrogen and oxygen atoms in total. The predicted molar refractivity (Wildman–Crippen MR) is 87.8 cm³/mol. The number of hydrogen-bond acceptors (Lipinski definition) is 4. The maximum Gasteiger partial charge on any atom is 0.326 e. The third kappa shape index (κ3) is 3.72. The van der Waals surface area contributed by atoms with Crippen molar-refractivity contribution in [3.63, 3.8) is 0 Å². The molecule has 0 saturated carbocycles. The van der Waals surface area contributed by atoms with Crippen molar-refractivity contribution in [1.82, 2.24) is 5.32 Å². The lowest BCUT2D eigenvalue weighted by Gasteiger charge is -2.24. The van der Waals surface area contributed by atoms with Crippen LogP contribution in [0.3, 0.4) is 0 Å². The Morgan fingerprint density at radius 2 is 1.96 bits per heavy atom. The van der Waals surface area contributed by atoms with Crippen molar-refractivity contribution in [2.75, 3.05) is 19.8 Å². The molecule has 1 fully saturated rings. The molecule has 2 N–H and O–H groups in total. The molecule has 1 aliphatic rings. The van der Waals surface area contributed by atoms with E-state index in [-0.39, 0.29) is 13.0 Å². The van der Waals surface area contributed by atoms with E-state index >= 15 is 0 Å². The van der Waals surface area contributed by atoms with E-state index < -0.39 is 24.0 Å². The highest BCUT2D eigenvalue weighted by Crippen LogP contribution is 2.20. The van der Waals surface area contributed by atoms with Gasteiger partial charge in [0.25, 0.3) is 5.91 Å². The number of aliphatic carboxylic acids is 1. The number of amides is 1. The zero-order valence-electron chi connectivity index (χ0n) is 13.1. The Morgan fingerprint density at radius 3 is 2.71 bits per heavy atom. The Balaban J connectivity index is 1.76. The van der Waals surface area contributed by atoms with Gasteiger partial charge in [-0.3, -0.25) is 4.79 Å². The highest BCUT2D eigenvalue weighted by molar-refractivity contribution is 5.89. The van der Waals surface area contributed by atoms with E-state index in [1.54, 1.807) is 0 Å². The van der Waals surface area contributed by atoms with Crippen LogP contribution in [0.1, 0.15) is 5.56 Å². The molecule has 0 spiro atoms. The van der Waals surface area contributed by atoms with Crippen LogP contribution in [-0.4, -0.2) is 48.9 Å². The minimum atomic E-state index is -1.08. The molecule has 2 aromatic carbocycles. The summed E-state index contributed by atoms with van der Waals surface area (Å²) in [5.41, 5.74) is 0.876. The Bertz CT molecular complexity index is 734. The average Bonchev–Trinajstić information content (AvgIpc) is 2.62. The van der Waals surface area contributed by atoms with Gasteiger partial charge in [-0.25, -0.2) is 4.79 Å². The number of rotatable bonds is 5. The van der Waals surface area contributed by atoms with Crippen molar-refractivity contribution in [1.29, 1.82) is 0 Å². The van der Waals surface area contributed by atoms with E-state index in [9.17, 15) is 14.7 Å². The summed E-state index contributed by atoms with van der Waals surface area (Å²) in [5.74, 6) is -1.53. The molecule has 0 bridgehead atoms. The van der Waals surface area contributed by atoms with E-state index in [4.69, 9.17) is 9.47 Å². The maximum atomic E-state index is 12.2. The van der Waals surface area contributed by atoms with Gasteiger partial charge in [0.1, 0.15) is 6.04 Å². The molecular weight excluding hydrogens is 310 g/mol. The fourth-order valence-electron chi connectivity index (χ4n) is 2.79. The smallest absolute Gasteiger partial charge is 0.326 e. The van der Waals surface area contributed by atoms with Gasteiger partial charge < -0.3 is 19.9 Å². The molecule has 6 heteroatoms. The molecule has 0 unspecified atom stereocenters. The van der Waals surface area contributed by atoms with Crippen LogP contribution in [-0.2, 0) is 25.5 Å². The van der Waals surface area contributed by atoms with Gasteiger partial charge in [0, 0.05) is 6.42 Å². The summed E-state index contributed by atoms with van der Waals surface area (Å²) in [5, 5.41) is 14.0. The minimum Gasteiger partial charge on any atom is -0.480 e. The fraction of sp³-hybridized carbons (Fsp3) is 0.333. The molecule has 1 aliphatic heterocycles. The molecule has 0 radical (unpaired) electrons. The number of carbonyl (C=O) groups excluding carboxylic acids is 1. The van der Waals surface area contributed by atoms with Crippen LogP contribution in [0.15, 0.2) is 42.5 Å². The fourth-order valence-corrected chi connectivity index (χ4v) is 2.79. The number of hydrogen-bond donors (Lipinski definition) is 2. The van der Waals surface area contributed by atoms with Gasteiger partial charge in [-0.05, 0) is 16.3 Å². The van der Waals surface area contributed by atoms with Gasteiger partial charge in [0.15, 0.2) is 6.10 Å². The van der Waals surface area contributed by atoms with E-state index in [2.05, 4.69) is 5.32 Å². The Labute approximate surface area is 139 Å². The Kier molecular flexibility index (Phi) is 5.08. The molecule has 2 aromatic rings. The van der Waals surface area contributed by atoms with Crippen molar-refractivity contribution < 1.29 is 24.2 Å². The van der Waals surface area contributed by atoms with Gasteiger partial charge >= 0.3 is 5.97 Å². The third-order valence-corrected chi connectivity index (χ3v) is 4.03. The zero-order valence-corrected chi connectivity index (χ0v) is 13.1. The summed E-state index contributed by atoms with van der Waals surface area (Å²) >= 11 is 0.